The van der Waals surface area contributed by atoms with Gasteiger partial charge in [-0.3, -0.25) is 0 Å². The Balaban J connectivity index is 2.26. The average molecular weight is 254 g/mol. The second kappa shape index (κ2) is 4.03. The quantitative estimate of drug-likeness (QED) is 0.849. The molecule has 1 atom stereocenters. The molecular formula is C12H16BrN. The van der Waals surface area contributed by atoms with Crippen molar-refractivity contribution in [1.29, 1.82) is 0 Å². The van der Waals surface area contributed by atoms with Gasteiger partial charge in [-0.1, -0.05) is 41.9 Å². The molecule has 1 N–H and O–H groups in total. The van der Waals surface area contributed by atoms with Gasteiger partial charge in [-0.2, -0.15) is 0 Å². The van der Waals surface area contributed by atoms with Crippen molar-refractivity contribution in [2.24, 2.45) is 5.92 Å². The fraction of sp³-hybridized carbons (Fsp3) is 0.500. The molecule has 14 heavy (non-hydrogen) atoms. The Bertz CT molecular complexity index is 333. The van der Waals surface area contributed by atoms with E-state index in [1.165, 1.54) is 22.0 Å². The third-order valence-electron chi connectivity index (χ3n) is 2.76. The van der Waals surface area contributed by atoms with Crippen LogP contribution in [0, 0.1) is 5.92 Å². The monoisotopic (exact) mass is 253 g/mol. The Morgan fingerprint density at radius 2 is 2.29 bits per heavy atom. The summed E-state index contributed by atoms with van der Waals surface area (Å²) in [4.78, 5) is 0. The van der Waals surface area contributed by atoms with E-state index in [1.54, 1.807) is 0 Å². The molecule has 1 aliphatic rings. The van der Waals surface area contributed by atoms with Crippen LogP contribution in [0.15, 0.2) is 22.7 Å². The maximum Gasteiger partial charge on any atom is 0.0329 e. The first kappa shape index (κ1) is 10.2. The minimum Gasteiger partial charge on any atom is -0.306 e. The summed E-state index contributed by atoms with van der Waals surface area (Å²) in [5, 5.41) is 3.56. The van der Waals surface area contributed by atoms with E-state index in [9.17, 15) is 0 Å². The van der Waals surface area contributed by atoms with Gasteiger partial charge in [0.2, 0.25) is 0 Å². The lowest BCUT2D eigenvalue weighted by Gasteiger charge is -2.14. The molecule has 0 bridgehead atoms. The van der Waals surface area contributed by atoms with Crippen LogP contribution in [0.1, 0.15) is 37.4 Å². The maximum atomic E-state index is 3.60. The maximum absolute atomic E-state index is 3.60. The number of fused-ring (bicyclic) bond motifs is 1. The molecule has 0 fully saturated rings. The van der Waals surface area contributed by atoms with Gasteiger partial charge in [0.1, 0.15) is 0 Å². The molecule has 76 valence electrons. The molecular weight excluding hydrogens is 238 g/mol. The molecule has 0 amide bonds. The molecule has 0 aromatic heterocycles. The van der Waals surface area contributed by atoms with E-state index >= 15 is 0 Å². The smallest absolute Gasteiger partial charge is 0.0329 e. The van der Waals surface area contributed by atoms with Gasteiger partial charge in [-0.15, -0.1) is 0 Å². The van der Waals surface area contributed by atoms with Gasteiger partial charge < -0.3 is 5.32 Å². The van der Waals surface area contributed by atoms with Crippen LogP contribution in [0.2, 0.25) is 0 Å². The molecule has 0 saturated heterocycles. The Morgan fingerprint density at radius 1 is 1.50 bits per heavy atom. The topological polar surface area (TPSA) is 12.0 Å². The Morgan fingerprint density at radius 3 is 3.00 bits per heavy atom. The van der Waals surface area contributed by atoms with Crippen LogP contribution in [-0.2, 0) is 6.54 Å². The van der Waals surface area contributed by atoms with Crippen molar-refractivity contribution >= 4 is 15.9 Å². The lowest BCUT2D eigenvalue weighted by atomic mass is 9.97. The summed E-state index contributed by atoms with van der Waals surface area (Å²) in [6.45, 7) is 5.56. The lowest BCUT2D eigenvalue weighted by Crippen LogP contribution is -2.13. The summed E-state index contributed by atoms with van der Waals surface area (Å²) in [6.07, 6.45) is 1.23. The summed E-state index contributed by atoms with van der Waals surface area (Å²) in [5.41, 5.74) is 2.92. The van der Waals surface area contributed by atoms with Crippen molar-refractivity contribution in [3.05, 3.63) is 33.8 Å². The number of hydrogen-bond donors (Lipinski definition) is 1. The molecule has 0 saturated carbocycles. The summed E-state index contributed by atoms with van der Waals surface area (Å²) in [6, 6.07) is 7.05. The van der Waals surface area contributed by atoms with Crippen LogP contribution in [-0.4, -0.2) is 0 Å². The highest BCUT2D eigenvalue weighted by Crippen LogP contribution is 2.33. The molecule has 1 aliphatic heterocycles. The Labute approximate surface area is 94.0 Å². The van der Waals surface area contributed by atoms with E-state index in [0.29, 0.717) is 6.04 Å². The molecule has 1 nitrogen and oxygen atoms in total. The fourth-order valence-corrected chi connectivity index (χ4v) is 2.63. The summed E-state index contributed by atoms with van der Waals surface area (Å²) in [7, 11) is 0. The van der Waals surface area contributed by atoms with Crippen LogP contribution in [0.5, 0.6) is 0 Å². The Hall–Kier alpha value is -0.340. The highest BCUT2D eigenvalue weighted by atomic mass is 79.9. The van der Waals surface area contributed by atoms with Crippen molar-refractivity contribution in [3.63, 3.8) is 0 Å². The zero-order valence-electron chi connectivity index (χ0n) is 8.68. The van der Waals surface area contributed by atoms with Crippen LogP contribution in [0.3, 0.4) is 0 Å². The van der Waals surface area contributed by atoms with E-state index in [4.69, 9.17) is 0 Å². The van der Waals surface area contributed by atoms with E-state index in [-0.39, 0.29) is 0 Å². The van der Waals surface area contributed by atoms with Crippen molar-refractivity contribution in [3.8, 4) is 0 Å². The lowest BCUT2D eigenvalue weighted by molar-refractivity contribution is 0.455. The first-order valence-corrected chi connectivity index (χ1v) is 5.98. The average Bonchev–Trinajstić information content (AvgIpc) is 2.49. The summed E-state index contributed by atoms with van der Waals surface area (Å²) < 4.78 is 1.24. The number of rotatable bonds is 2. The van der Waals surface area contributed by atoms with E-state index in [0.717, 1.165) is 12.5 Å². The zero-order valence-corrected chi connectivity index (χ0v) is 10.3. The van der Waals surface area contributed by atoms with Gasteiger partial charge in [0.05, 0.1) is 0 Å². The van der Waals surface area contributed by atoms with Crippen LogP contribution < -0.4 is 5.32 Å². The number of hydrogen-bond acceptors (Lipinski definition) is 1. The third-order valence-corrected chi connectivity index (χ3v) is 3.51. The molecule has 1 aromatic rings. The third kappa shape index (κ3) is 1.86. The Kier molecular flexibility index (Phi) is 2.93. The van der Waals surface area contributed by atoms with Gasteiger partial charge in [0.15, 0.2) is 0 Å². The predicted molar refractivity (Wildman–Crippen MR) is 63.2 cm³/mol. The fourth-order valence-electron chi connectivity index (χ4n) is 2.11. The molecule has 1 unspecified atom stereocenters. The second-order valence-corrected chi connectivity index (χ2v) is 5.22. The minimum absolute atomic E-state index is 0.558. The summed E-state index contributed by atoms with van der Waals surface area (Å²) in [5.74, 6) is 0.748. The van der Waals surface area contributed by atoms with Gasteiger partial charge in [0.25, 0.3) is 0 Å². The van der Waals surface area contributed by atoms with Crippen LogP contribution >= 0.6 is 15.9 Å². The van der Waals surface area contributed by atoms with Crippen molar-refractivity contribution in [2.75, 3.05) is 0 Å². The largest absolute Gasteiger partial charge is 0.306 e. The van der Waals surface area contributed by atoms with Crippen LogP contribution in [0.25, 0.3) is 0 Å². The highest BCUT2D eigenvalue weighted by Gasteiger charge is 2.23. The van der Waals surface area contributed by atoms with Gasteiger partial charge in [-0.25, -0.2) is 0 Å². The molecule has 2 rings (SSSR count). The van der Waals surface area contributed by atoms with Gasteiger partial charge >= 0.3 is 0 Å². The molecule has 0 aliphatic carbocycles. The van der Waals surface area contributed by atoms with Crippen LogP contribution in [0.4, 0.5) is 0 Å². The molecule has 0 radical (unpaired) electrons. The second-order valence-electron chi connectivity index (χ2n) is 4.37. The first-order chi connectivity index (χ1) is 6.68. The molecule has 2 heteroatoms. The molecule has 1 aromatic carbocycles. The predicted octanol–water partition coefficient (Wildman–Crippen LogP) is 3.64. The number of halogens is 1. The van der Waals surface area contributed by atoms with E-state index in [1.807, 2.05) is 0 Å². The normalized spacial score (nSPS) is 20.1. The standard InChI is InChI=1S/C12H16BrN/c1-8(2)6-12-9-4-3-5-11(13)10(9)7-14-12/h3-5,8,12,14H,6-7H2,1-2H3. The van der Waals surface area contributed by atoms with Crippen molar-refractivity contribution in [2.45, 2.75) is 32.9 Å². The van der Waals surface area contributed by atoms with Crippen molar-refractivity contribution < 1.29 is 0 Å². The number of nitrogens with one attached hydrogen (secondary N) is 1. The van der Waals surface area contributed by atoms with Gasteiger partial charge in [-0.05, 0) is 29.5 Å². The SMILES string of the molecule is CC(C)CC1NCc2c(Br)cccc21. The molecule has 1 heterocycles. The molecule has 0 spiro atoms. The zero-order chi connectivity index (χ0) is 10.1. The summed E-state index contributed by atoms with van der Waals surface area (Å²) >= 11 is 3.60. The minimum atomic E-state index is 0.558. The van der Waals surface area contributed by atoms with Gasteiger partial charge in [0, 0.05) is 17.1 Å². The number of benzene rings is 1. The van der Waals surface area contributed by atoms with E-state index < -0.39 is 0 Å². The van der Waals surface area contributed by atoms with E-state index in [2.05, 4.69) is 53.3 Å². The highest BCUT2D eigenvalue weighted by molar-refractivity contribution is 9.10. The van der Waals surface area contributed by atoms with Crippen molar-refractivity contribution in [1.82, 2.24) is 5.32 Å². The first-order valence-electron chi connectivity index (χ1n) is 5.19.